The monoisotopic (exact) mass is 340 g/mol. The minimum atomic E-state index is -0.189. The summed E-state index contributed by atoms with van der Waals surface area (Å²) in [4.78, 5) is 26.1. The Bertz CT molecular complexity index is 790. The second-order valence-electron chi connectivity index (χ2n) is 6.61. The number of hydrogen-bond acceptors (Lipinski definition) is 3. The maximum Gasteiger partial charge on any atom is 0.260 e. The SMILES string of the molecule is Cc1cc(=O)c(OCC(=O)N2CCC(c3ccccc3)CC2)cn1C. The third-order valence-electron chi connectivity index (χ3n) is 4.92. The molecule has 1 aromatic heterocycles. The Balaban J connectivity index is 1.53. The first-order valence-corrected chi connectivity index (χ1v) is 8.67. The lowest BCUT2D eigenvalue weighted by Gasteiger charge is -2.32. The molecule has 1 saturated heterocycles. The van der Waals surface area contributed by atoms with Crippen LogP contribution in [-0.4, -0.2) is 35.1 Å². The third-order valence-corrected chi connectivity index (χ3v) is 4.92. The first-order valence-electron chi connectivity index (χ1n) is 8.67. The molecule has 132 valence electrons. The minimum Gasteiger partial charge on any atom is -0.478 e. The highest BCUT2D eigenvalue weighted by atomic mass is 16.5. The molecule has 0 unspecified atom stereocenters. The van der Waals surface area contributed by atoms with Gasteiger partial charge in [0.25, 0.3) is 5.91 Å². The van der Waals surface area contributed by atoms with E-state index < -0.39 is 0 Å². The van der Waals surface area contributed by atoms with Gasteiger partial charge in [-0.05, 0) is 31.2 Å². The number of aryl methyl sites for hydroxylation is 2. The lowest BCUT2D eigenvalue weighted by atomic mass is 9.89. The molecule has 0 aliphatic carbocycles. The summed E-state index contributed by atoms with van der Waals surface area (Å²) < 4.78 is 7.29. The summed E-state index contributed by atoms with van der Waals surface area (Å²) in [5, 5.41) is 0. The second kappa shape index (κ2) is 7.55. The molecule has 1 aromatic carbocycles. The lowest BCUT2D eigenvalue weighted by Crippen LogP contribution is -2.40. The standard InChI is InChI=1S/C20H24N2O3/c1-15-12-18(23)19(13-21(15)2)25-14-20(24)22-10-8-17(9-11-22)16-6-4-3-5-7-16/h3-7,12-13,17H,8-11,14H2,1-2H3. The van der Waals surface area contributed by atoms with Crippen LogP contribution in [0.25, 0.3) is 0 Å². The Morgan fingerprint density at radius 3 is 2.56 bits per heavy atom. The average molecular weight is 340 g/mol. The highest BCUT2D eigenvalue weighted by molar-refractivity contribution is 5.77. The lowest BCUT2D eigenvalue weighted by molar-refractivity contribution is -0.134. The zero-order chi connectivity index (χ0) is 17.8. The van der Waals surface area contributed by atoms with Crippen molar-refractivity contribution in [2.45, 2.75) is 25.7 Å². The molecule has 3 rings (SSSR count). The van der Waals surface area contributed by atoms with Gasteiger partial charge >= 0.3 is 0 Å². The van der Waals surface area contributed by atoms with E-state index in [1.807, 2.05) is 29.5 Å². The average Bonchev–Trinajstić information content (AvgIpc) is 2.64. The summed E-state index contributed by atoms with van der Waals surface area (Å²) in [5.74, 6) is 0.672. The summed E-state index contributed by atoms with van der Waals surface area (Å²) >= 11 is 0. The summed E-state index contributed by atoms with van der Waals surface area (Å²) in [6.45, 7) is 3.23. The maximum absolute atomic E-state index is 12.4. The number of nitrogens with zero attached hydrogens (tertiary/aromatic N) is 2. The highest BCUT2D eigenvalue weighted by Gasteiger charge is 2.24. The van der Waals surface area contributed by atoms with Crippen LogP contribution in [0, 0.1) is 6.92 Å². The van der Waals surface area contributed by atoms with Crippen LogP contribution < -0.4 is 10.2 Å². The topological polar surface area (TPSA) is 51.5 Å². The molecule has 25 heavy (non-hydrogen) atoms. The van der Waals surface area contributed by atoms with E-state index in [2.05, 4.69) is 24.3 Å². The van der Waals surface area contributed by atoms with Gasteiger partial charge in [0.1, 0.15) is 0 Å². The fourth-order valence-electron chi connectivity index (χ4n) is 3.23. The number of benzene rings is 1. The summed E-state index contributed by atoms with van der Waals surface area (Å²) in [6.07, 6.45) is 3.55. The van der Waals surface area contributed by atoms with Crippen molar-refractivity contribution in [2.24, 2.45) is 7.05 Å². The van der Waals surface area contributed by atoms with E-state index in [1.54, 1.807) is 6.20 Å². The quantitative estimate of drug-likeness (QED) is 0.859. The van der Waals surface area contributed by atoms with Crippen LogP contribution in [0.15, 0.2) is 47.4 Å². The zero-order valence-electron chi connectivity index (χ0n) is 14.8. The predicted molar refractivity (Wildman–Crippen MR) is 96.9 cm³/mol. The van der Waals surface area contributed by atoms with Crippen molar-refractivity contribution in [3.63, 3.8) is 0 Å². The molecule has 0 radical (unpaired) electrons. The number of carbonyl (C=O) groups excluding carboxylic acids is 1. The molecule has 0 N–H and O–H groups in total. The molecule has 1 amide bonds. The highest BCUT2D eigenvalue weighted by Crippen LogP contribution is 2.27. The van der Waals surface area contributed by atoms with Crippen LogP contribution in [-0.2, 0) is 11.8 Å². The number of pyridine rings is 1. The Labute approximate surface area is 147 Å². The number of amides is 1. The van der Waals surface area contributed by atoms with Gasteiger partial charge in [-0.15, -0.1) is 0 Å². The Morgan fingerprint density at radius 1 is 1.20 bits per heavy atom. The van der Waals surface area contributed by atoms with Crippen LogP contribution in [0.2, 0.25) is 0 Å². The van der Waals surface area contributed by atoms with E-state index >= 15 is 0 Å². The Kier molecular flexibility index (Phi) is 5.22. The fourth-order valence-corrected chi connectivity index (χ4v) is 3.23. The number of piperidine rings is 1. The molecular weight excluding hydrogens is 316 g/mol. The molecule has 5 nitrogen and oxygen atoms in total. The van der Waals surface area contributed by atoms with E-state index in [9.17, 15) is 9.59 Å². The molecule has 1 aliphatic rings. The van der Waals surface area contributed by atoms with Crippen molar-refractivity contribution in [3.05, 3.63) is 64.1 Å². The van der Waals surface area contributed by atoms with Gasteiger partial charge in [0.15, 0.2) is 12.4 Å². The van der Waals surface area contributed by atoms with Crippen molar-refractivity contribution in [1.29, 1.82) is 0 Å². The van der Waals surface area contributed by atoms with E-state index in [0.29, 0.717) is 5.92 Å². The molecule has 5 heteroatoms. The molecule has 0 saturated carbocycles. The van der Waals surface area contributed by atoms with E-state index in [4.69, 9.17) is 4.74 Å². The molecule has 2 heterocycles. The van der Waals surface area contributed by atoms with Crippen molar-refractivity contribution in [3.8, 4) is 5.75 Å². The van der Waals surface area contributed by atoms with Crippen LogP contribution in [0.5, 0.6) is 5.75 Å². The Hall–Kier alpha value is -2.56. The smallest absolute Gasteiger partial charge is 0.260 e. The van der Waals surface area contributed by atoms with Crippen LogP contribution in [0.4, 0.5) is 0 Å². The molecule has 1 aliphatic heterocycles. The number of likely N-dealkylation sites (tertiary alicyclic amines) is 1. The van der Waals surface area contributed by atoms with E-state index in [1.165, 1.54) is 11.6 Å². The summed E-state index contributed by atoms with van der Waals surface area (Å²) in [6, 6.07) is 12.0. The second-order valence-corrected chi connectivity index (χ2v) is 6.61. The molecule has 0 spiro atoms. The van der Waals surface area contributed by atoms with Crippen LogP contribution >= 0.6 is 0 Å². The van der Waals surface area contributed by atoms with Crippen molar-refractivity contribution < 1.29 is 9.53 Å². The number of ether oxygens (including phenoxy) is 1. The van der Waals surface area contributed by atoms with Gasteiger partial charge in [-0.25, -0.2) is 0 Å². The van der Waals surface area contributed by atoms with Crippen molar-refractivity contribution in [2.75, 3.05) is 19.7 Å². The first kappa shape index (κ1) is 17.3. The van der Waals surface area contributed by atoms with Gasteiger partial charge in [0.05, 0.1) is 0 Å². The first-order chi connectivity index (χ1) is 12.0. The fraction of sp³-hybridized carbons (Fsp3) is 0.400. The van der Waals surface area contributed by atoms with Gasteiger partial charge in [0.2, 0.25) is 5.43 Å². The van der Waals surface area contributed by atoms with Crippen molar-refractivity contribution in [1.82, 2.24) is 9.47 Å². The number of hydrogen-bond donors (Lipinski definition) is 0. The molecule has 2 aromatic rings. The van der Waals surface area contributed by atoms with Crippen LogP contribution in [0.3, 0.4) is 0 Å². The van der Waals surface area contributed by atoms with Gasteiger partial charge < -0.3 is 14.2 Å². The normalized spacial score (nSPS) is 15.2. The molecule has 0 atom stereocenters. The minimum absolute atomic E-state index is 0.0610. The number of aromatic nitrogens is 1. The predicted octanol–water partition coefficient (Wildman–Crippen LogP) is 2.48. The molecular formula is C20H24N2O3. The summed E-state index contributed by atoms with van der Waals surface area (Å²) in [5.41, 5.74) is 2.01. The maximum atomic E-state index is 12.4. The molecule has 1 fully saturated rings. The van der Waals surface area contributed by atoms with Gasteiger partial charge in [-0.2, -0.15) is 0 Å². The zero-order valence-corrected chi connectivity index (χ0v) is 14.8. The van der Waals surface area contributed by atoms with E-state index in [0.717, 1.165) is 31.6 Å². The summed E-state index contributed by atoms with van der Waals surface area (Å²) in [7, 11) is 1.85. The van der Waals surface area contributed by atoms with Crippen molar-refractivity contribution >= 4 is 5.91 Å². The number of rotatable bonds is 4. The molecule has 0 bridgehead atoms. The number of carbonyl (C=O) groups is 1. The largest absolute Gasteiger partial charge is 0.478 e. The third kappa shape index (κ3) is 4.10. The van der Waals surface area contributed by atoms with Gasteiger partial charge in [0, 0.05) is 38.1 Å². The van der Waals surface area contributed by atoms with Gasteiger partial charge in [-0.1, -0.05) is 30.3 Å². The van der Waals surface area contributed by atoms with E-state index in [-0.39, 0.29) is 23.7 Å². The van der Waals surface area contributed by atoms with Gasteiger partial charge in [-0.3, -0.25) is 9.59 Å². The Morgan fingerprint density at radius 2 is 1.88 bits per heavy atom. The van der Waals surface area contributed by atoms with Crippen LogP contribution in [0.1, 0.15) is 30.0 Å².